The van der Waals surface area contributed by atoms with E-state index < -0.39 is 0 Å². The molecule has 33 heavy (non-hydrogen) atoms. The van der Waals surface area contributed by atoms with Crippen LogP contribution in [0.15, 0.2) is 42.5 Å². The smallest absolute Gasteiger partial charge is 0.323 e. The summed E-state index contributed by atoms with van der Waals surface area (Å²) in [5.41, 5.74) is 2.75. The predicted molar refractivity (Wildman–Crippen MR) is 135 cm³/mol. The van der Waals surface area contributed by atoms with E-state index >= 15 is 0 Å². The second-order valence-corrected chi connectivity index (χ2v) is 9.74. The second-order valence-electron chi connectivity index (χ2n) is 9.30. The Morgan fingerprint density at radius 3 is 2.30 bits per heavy atom. The highest BCUT2D eigenvalue weighted by Gasteiger charge is 2.24. The summed E-state index contributed by atoms with van der Waals surface area (Å²) >= 11 is 6.00. The number of halogens is 1. The first-order valence-electron chi connectivity index (χ1n) is 12.0. The summed E-state index contributed by atoms with van der Waals surface area (Å²) in [5, 5.41) is 9.43. The Labute approximate surface area is 201 Å². The van der Waals surface area contributed by atoms with E-state index in [4.69, 9.17) is 11.6 Å². The van der Waals surface area contributed by atoms with Crippen molar-refractivity contribution in [2.75, 3.05) is 28.6 Å². The van der Waals surface area contributed by atoms with Crippen LogP contribution >= 0.6 is 11.6 Å². The number of rotatable bonds is 5. The number of nitrogens with zero attached hydrogens (tertiary/aromatic N) is 1. The molecule has 1 saturated heterocycles. The Morgan fingerprint density at radius 1 is 0.909 bits per heavy atom. The van der Waals surface area contributed by atoms with Gasteiger partial charge < -0.3 is 20.9 Å². The number of urea groups is 1. The van der Waals surface area contributed by atoms with Crippen molar-refractivity contribution in [2.45, 2.75) is 57.9 Å². The van der Waals surface area contributed by atoms with Gasteiger partial charge in [-0.1, -0.05) is 43.9 Å². The van der Waals surface area contributed by atoms with Gasteiger partial charge in [-0.25, -0.2) is 4.79 Å². The number of amides is 3. The molecule has 0 aromatic heterocycles. The maximum absolute atomic E-state index is 13.3. The number of benzene rings is 2. The first-order valence-corrected chi connectivity index (χ1v) is 12.4. The van der Waals surface area contributed by atoms with Crippen molar-refractivity contribution in [3.05, 3.63) is 53.1 Å². The van der Waals surface area contributed by atoms with Crippen LogP contribution < -0.4 is 20.9 Å². The lowest BCUT2D eigenvalue weighted by Gasteiger charge is -2.34. The number of hydrogen-bond acceptors (Lipinski definition) is 3. The van der Waals surface area contributed by atoms with Gasteiger partial charge in [0, 0.05) is 41.2 Å². The van der Waals surface area contributed by atoms with Gasteiger partial charge in [0.25, 0.3) is 5.91 Å². The minimum Gasteiger partial charge on any atom is -0.371 e. The van der Waals surface area contributed by atoms with Gasteiger partial charge in [-0.05, 0) is 68.0 Å². The van der Waals surface area contributed by atoms with Crippen molar-refractivity contribution in [3.8, 4) is 0 Å². The van der Waals surface area contributed by atoms with E-state index in [-0.39, 0.29) is 18.0 Å². The lowest BCUT2D eigenvalue weighted by Crippen LogP contribution is -2.38. The maximum Gasteiger partial charge on any atom is 0.323 e. The molecule has 0 atom stereocenters. The zero-order valence-electron chi connectivity index (χ0n) is 19.2. The fourth-order valence-electron chi connectivity index (χ4n) is 4.69. The molecule has 2 aromatic rings. The van der Waals surface area contributed by atoms with E-state index in [1.807, 2.05) is 12.1 Å². The van der Waals surface area contributed by atoms with Crippen LogP contribution in [0.1, 0.15) is 62.2 Å². The molecule has 0 bridgehead atoms. The molecule has 4 rings (SSSR count). The molecule has 0 spiro atoms. The highest BCUT2D eigenvalue weighted by atomic mass is 35.5. The van der Waals surface area contributed by atoms with E-state index in [1.165, 1.54) is 6.42 Å². The van der Waals surface area contributed by atoms with Crippen molar-refractivity contribution in [3.63, 3.8) is 0 Å². The molecule has 0 radical (unpaired) electrons. The third kappa shape index (κ3) is 6.41. The summed E-state index contributed by atoms with van der Waals surface area (Å²) in [7, 11) is 0. The number of hydrogen-bond donors (Lipinski definition) is 3. The lowest BCUT2D eigenvalue weighted by molar-refractivity contribution is 0.0928. The molecule has 3 N–H and O–H groups in total. The number of anilines is 3. The summed E-state index contributed by atoms with van der Waals surface area (Å²) in [6.45, 7) is 4.15. The van der Waals surface area contributed by atoms with Gasteiger partial charge in [0.05, 0.1) is 5.56 Å². The number of piperidine rings is 1. The average molecular weight is 469 g/mol. The Balaban J connectivity index is 1.52. The van der Waals surface area contributed by atoms with Gasteiger partial charge in [-0.2, -0.15) is 0 Å². The molecule has 2 fully saturated rings. The van der Waals surface area contributed by atoms with Crippen LogP contribution in [0.25, 0.3) is 0 Å². The summed E-state index contributed by atoms with van der Waals surface area (Å²) in [6.07, 6.45) is 7.85. The Hall–Kier alpha value is -2.73. The summed E-state index contributed by atoms with van der Waals surface area (Å²) < 4.78 is 0. The van der Waals surface area contributed by atoms with Crippen molar-refractivity contribution in [1.82, 2.24) is 5.32 Å². The number of nitrogens with one attached hydrogen (secondary N) is 3. The van der Waals surface area contributed by atoms with E-state index in [1.54, 1.807) is 30.3 Å². The Bertz CT molecular complexity index is 982. The summed E-state index contributed by atoms with van der Waals surface area (Å²) in [6, 6.07) is 12.5. The largest absolute Gasteiger partial charge is 0.371 e. The van der Waals surface area contributed by atoms with E-state index in [9.17, 15) is 9.59 Å². The first kappa shape index (κ1) is 23.4. The van der Waals surface area contributed by atoms with Crippen LogP contribution in [-0.2, 0) is 0 Å². The monoisotopic (exact) mass is 468 g/mol. The minimum atomic E-state index is -0.379. The fourth-order valence-corrected chi connectivity index (χ4v) is 4.88. The SMILES string of the molecule is CC1CCN(c2ccc(NC(=O)Nc3cccc(Cl)c3)cc2C(=O)NC2CCCCC2)CC1. The molecule has 2 aromatic carbocycles. The van der Waals surface area contributed by atoms with Crippen molar-refractivity contribution >= 4 is 40.6 Å². The standard InChI is InChI=1S/C26H33ClN4O2/c1-18-12-14-31(15-13-18)24-11-10-22(30-26(33)29-21-9-5-6-19(27)16-21)17-23(24)25(32)28-20-7-3-2-4-8-20/h5-6,9-11,16-18,20H,2-4,7-8,12-15H2,1H3,(H,28,32)(H2,29,30,33). The molecule has 1 aliphatic carbocycles. The van der Waals surface area contributed by atoms with Crippen LogP contribution in [0.3, 0.4) is 0 Å². The van der Waals surface area contributed by atoms with Gasteiger partial charge in [0.2, 0.25) is 0 Å². The molecule has 176 valence electrons. The van der Waals surface area contributed by atoms with Gasteiger partial charge >= 0.3 is 6.03 Å². The Kier molecular flexibility index (Phi) is 7.76. The molecule has 3 amide bonds. The normalized spacial score (nSPS) is 17.5. The van der Waals surface area contributed by atoms with Crippen LogP contribution in [-0.4, -0.2) is 31.1 Å². The molecular formula is C26H33ClN4O2. The highest BCUT2D eigenvalue weighted by Crippen LogP contribution is 2.29. The Morgan fingerprint density at radius 2 is 1.61 bits per heavy atom. The van der Waals surface area contributed by atoms with Gasteiger partial charge in [-0.15, -0.1) is 0 Å². The van der Waals surface area contributed by atoms with Crippen molar-refractivity contribution < 1.29 is 9.59 Å². The second kappa shape index (κ2) is 10.9. The lowest BCUT2D eigenvalue weighted by atomic mass is 9.95. The third-order valence-corrected chi connectivity index (χ3v) is 6.88. The summed E-state index contributed by atoms with van der Waals surface area (Å²) in [5.74, 6) is 0.645. The molecule has 6 nitrogen and oxygen atoms in total. The quantitative estimate of drug-likeness (QED) is 0.483. The molecule has 1 aliphatic heterocycles. The highest BCUT2D eigenvalue weighted by molar-refractivity contribution is 6.30. The minimum absolute atomic E-state index is 0.0607. The van der Waals surface area contributed by atoms with E-state index in [2.05, 4.69) is 27.8 Å². The zero-order valence-corrected chi connectivity index (χ0v) is 20.0. The summed E-state index contributed by atoms with van der Waals surface area (Å²) in [4.78, 5) is 28.2. The molecule has 1 heterocycles. The number of carbonyl (C=O) groups excluding carboxylic acids is 2. The van der Waals surface area contributed by atoms with Crippen LogP contribution in [0.5, 0.6) is 0 Å². The molecule has 0 unspecified atom stereocenters. The van der Waals surface area contributed by atoms with Crippen LogP contribution in [0.4, 0.5) is 21.9 Å². The van der Waals surface area contributed by atoms with E-state index in [0.717, 1.165) is 57.3 Å². The van der Waals surface area contributed by atoms with Crippen molar-refractivity contribution in [2.24, 2.45) is 5.92 Å². The van der Waals surface area contributed by atoms with Gasteiger partial charge in [0.1, 0.15) is 0 Å². The molecule has 7 heteroatoms. The fraction of sp³-hybridized carbons (Fsp3) is 0.462. The van der Waals surface area contributed by atoms with Crippen LogP contribution in [0, 0.1) is 5.92 Å². The zero-order chi connectivity index (χ0) is 23.2. The third-order valence-electron chi connectivity index (χ3n) is 6.65. The molecule has 2 aliphatic rings. The van der Waals surface area contributed by atoms with Crippen molar-refractivity contribution in [1.29, 1.82) is 0 Å². The van der Waals surface area contributed by atoms with Gasteiger partial charge in [-0.3, -0.25) is 4.79 Å². The maximum atomic E-state index is 13.3. The van der Waals surface area contributed by atoms with Crippen LogP contribution in [0.2, 0.25) is 5.02 Å². The van der Waals surface area contributed by atoms with Gasteiger partial charge in [0.15, 0.2) is 0 Å². The first-order chi connectivity index (χ1) is 16.0. The predicted octanol–water partition coefficient (Wildman–Crippen LogP) is 6.28. The average Bonchev–Trinajstić information content (AvgIpc) is 2.80. The molecular weight excluding hydrogens is 436 g/mol. The number of carbonyl (C=O) groups is 2. The van der Waals surface area contributed by atoms with E-state index in [0.29, 0.717) is 27.9 Å². The molecule has 1 saturated carbocycles. The topological polar surface area (TPSA) is 73.5 Å².